The maximum atomic E-state index is 13.8. The first-order valence-corrected chi connectivity index (χ1v) is 21.7. The number of benzene rings is 3. The number of halogens is 1. The number of hydrogen-bond acceptors (Lipinski definition) is 12. The van der Waals surface area contributed by atoms with Crippen LogP contribution in [-0.2, 0) is 20.9 Å². The fourth-order valence-electron chi connectivity index (χ4n) is 9.05. The van der Waals surface area contributed by atoms with E-state index in [9.17, 15) is 19.8 Å². The van der Waals surface area contributed by atoms with Gasteiger partial charge in [0.2, 0.25) is 5.79 Å². The van der Waals surface area contributed by atoms with Gasteiger partial charge < -0.3 is 48.4 Å². The highest BCUT2D eigenvalue weighted by Gasteiger charge is 2.65. The molecule has 6 unspecified atom stereocenters. The van der Waals surface area contributed by atoms with Crippen LogP contribution in [0, 0.1) is 17.8 Å². The summed E-state index contributed by atoms with van der Waals surface area (Å²) < 4.78 is 36.4. The second-order valence-corrected chi connectivity index (χ2v) is 15.9. The molecule has 334 valence electrons. The van der Waals surface area contributed by atoms with Gasteiger partial charge in [-0.3, -0.25) is 5.32 Å². The highest BCUT2D eigenvalue weighted by Crippen LogP contribution is 2.62. The Kier molecular flexibility index (Phi) is 16.5. The number of aliphatic hydroxyl groups is 2. The molecule has 0 saturated heterocycles. The van der Waals surface area contributed by atoms with E-state index in [1.165, 1.54) is 12.0 Å². The zero-order chi connectivity index (χ0) is 44.1. The minimum absolute atomic E-state index is 0.00255. The molecule has 0 radical (unpaired) electrons. The number of rotatable bonds is 21. The molecular formula is C47H58ClN3O11. The number of allylic oxidation sites excluding steroid dienone is 1. The van der Waals surface area contributed by atoms with Crippen LogP contribution < -0.4 is 24.3 Å². The van der Waals surface area contributed by atoms with E-state index in [4.69, 9.17) is 50.0 Å². The third kappa shape index (κ3) is 10.5. The molecule has 3 aromatic rings. The Labute approximate surface area is 368 Å². The van der Waals surface area contributed by atoms with E-state index in [-0.39, 0.29) is 68.8 Å². The van der Waals surface area contributed by atoms with Crippen molar-refractivity contribution < 1.29 is 53.1 Å². The number of oxime groups is 1. The molecule has 2 aliphatic carbocycles. The van der Waals surface area contributed by atoms with Gasteiger partial charge in [-0.1, -0.05) is 60.5 Å². The number of methoxy groups -OCH3 is 2. The first kappa shape index (κ1) is 46.2. The largest absolute Gasteiger partial charge is 0.497 e. The van der Waals surface area contributed by atoms with E-state index in [2.05, 4.69) is 18.0 Å². The third-order valence-electron chi connectivity index (χ3n) is 11.8. The molecule has 1 saturated carbocycles. The van der Waals surface area contributed by atoms with Crippen LogP contribution in [0.4, 0.5) is 15.3 Å². The summed E-state index contributed by atoms with van der Waals surface area (Å²) in [5.41, 5.74) is 3.60. The normalized spacial score (nSPS) is 22.8. The molecule has 6 atom stereocenters. The summed E-state index contributed by atoms with van der Waals surface area (Å²) in [5, 5.41) is 27.4. The van der Waals surface area contributed by atoms with Crippen LogP contribution in [0.1, 0.15) is 62.0 Å². The standard InChI is InChI=1S/C47H58ClN3O11/c1-5-24-59-47-42(51(2)46(55)58-25-21-48)29-39(50-60-30-31-13-7-6-8-14-31)36-26-32(15-9-11-22-52)35(16-10-12-23-53)43(44(36)47)37-27-34(18-20-40(37)62-47)61-45(54)49-38-19-17-33(56-3)28-41(38)57-4/h5-8,13-14,17-20,26-28,32,35,42-44,52-53H,1,9-12,15-16,21-25,29-30H2,2-4H3,(H,49,54). The average molecular weight is 876 g/mol. The molecule has 0 spiro atoms. The monoisotopic (exact) mass is 875 g/mol. The molecule has 0 bridgehead atoms. The summed E-state index contributed by atoms with van der Waals surface area (Å²) in [6.45, 7) is 4.39. The number of likely N-dealkylation sites (N-methyl/N-ethyl adjacent to an activating group) is 1. The van der Waals surface area contributed by atoms with Crippen LogP contribution in [0.2, 0.25) is 0 Å². The van der Waals surface area contributed by atoms with Crippen molar-refractivity contribution in [3.05, 3.63) is 102 Å². The van der Waals surface area contributed by atoms with E-state index < -0.39 is 29.9 Å². The fourth-order valence-corrected chi connectivity index (χ4v) is 9.13. The van der Waals surface area contributed by atoms with E-state index in [1.807, 2.05) is 36.4 Å². The predicted molar refractivity (Wildman–Crippen MR) is 235 cm³/mol. The van der Waals surface area contributed by atoms with Gasteiger partial charge >= 0.3 is 12.2 Å². The first-order valence-electron chi connectivity index (χ1n) is 21.1. The smallest absolute Gasteiger partial charge is 0.417 e. The Morgan fingerprint density at radius 3 is 2.47 bits per heavy atom. The number of anilines is 1. The van der Waals surface area contributed by atoms with Crippen molar-refractivity contribution >= 4 is 35.2 Å². The zero-order valence-electron chi connectivity index (χ0n) is 35.6. The van der Waals surface area contributed by atoms with E-state index in [0.29, 0.717) is 41.5 Å². The van der Waals surface area contributed by atoms with Crippen molar-refractivity contribution in [3.8, 4) is 23.0 Å². The summed E-state index contributed by atoms with van der Waals surface area (Å²) in [6.07, 6.45) is 6.98. The van der Waals surface area contributed by atoms with Gasteiger partial charge in [0, 0.05) is 44.2 Å². The quantitative estimate of drug-likeness (QED) is 0.0407. The summed E-state index contributed by atoms with van der Waals surface area (Å²) >= 11 is 5.96. The summed E-state index contributed by atoms with van der Waals surface area (Å²) in [6, 6.07) is 19.2. The zero-order valence-corrected chi connectivity index (χ0v) is 36.4. The van der Waals surface area contributed by atoms with Crippen molar-refractivity contribution in [2.75, 3.05) is 58.9 Å². The van der Waals surface area contributed by atoms with Crippen LogP contribution in [0.5, 0.6) is 23.0 Å². The summed E-state index contributed by atoms with van der Waals surface area (Å²) in [7, 11) is 4.69. The number of unbranched alkanes of at least 4 members (excludes halogenated alkanes) is 2. The van der Waals surface area contributed by atoms with E-state index >= 15 is 0 Å². The number of ether oxygens (including phenoxy) is 6. The van der Waals surface area contributed by atoms with Crippen LogP contribution >= 0.6 is 11.6 Å². The second kappa shape index (κ2) is 22.2. The second-order valence-electron chi connectivity index (χ2n) is 15.5. The maximum absolute atomic E-state index is 13.8. The number of nitrogens with zero attached hydrogens (tertiary/aromatic N) is 2. The van der Waals surface area contributed by atoms with Crippen LogP contribution in [0.25, 0.3) is 0 Å². The van der Waals surface area contributed by atoms with Crippen LogP contribution in [-0.4, -0.2) is 98.4 Å². The number of fused-ring (bicyclic) bond motifs is 2. The number of nitrogens with one attached hydrogen (secondary N) is 1. The molecule has 2 amide bonds. The number of carbonyl (C=O) groups is 2. The Morgan fingerprint density at radius 2 is 1.76 bits per heavy atom. The average Bonchev–Trinajstić information content (AvgIpc) is 3.29. The maximum Gasteiger partial charge on any atom is 0.417 e. The molecule has 3 aliphatic rings. The fraction of sp³-hybridized carbons (Fsp3) is 0.468. The van der Waals surface area contributed by atoms with Gasteiger partial charge in [-0.05, 0) is 79.0 Å². The van der Waals surface area contributed by atoms with Crippen LogP contribution in [0.3, 0.4) is 0 Å². The van der Waals surface area contributed by atoms with Gasteiger partial charge in [0.25, 0.3) is 0 Å². The van der Waals surface area contributed by atoms with E-state index in [0.717, 1.165) is 42.4 Å². The molecule has 6 rings (SSSR count). The molecule has 1 fully saturated rings. The molecule has 15 heteroatoms. The lowest BCUT2D eigenvalue weighted by Gasteiger charge is -2.59. The van der Waals surface area contributed by atoms with Crippen molar-refractivity contribution in [1.82, 2.24) is 4.90 Å². The SMILES string of the molecule is C=CCOC12Oc3ccc(OC(=O)Nc4ccc(OC)cc4OC)cc3C3C(CCCCO)C(CCCCO)C=C(C(=NOCc4ccccc4)CC1N(C)C(=O)OCCCl)C32. The third-order valence-corrected chi connectivity index (χ3v) is 12.0. The topological polar surface area (TPSA) is 167 Å². The minimum atomic E-state index is -1.49. The highest BCUT2D eigenvalue weighted by atomic mass is 35.5. The number of amides is 2. The Bertz CT molecular complexity index is 2050. The number of alkyl halides is 1. The van der Waals surface area contributed by atoms with Crippen molar-refractivity contribution in [2.24, 2.45) is 22.9 Å². The predicted octanol–water partition coefficient (Wildman–Crippen LogP) is 8.46. The Morgan fingerprint density at radius 1 is 1.00 bits per heavy atom. The molecule has 62 heavy (non-hydrogen) atoms. The lowest BCUT2D eigenvalue weighted by atomic mass is 9.55. The van der Waals surface area contributed by atoms with Gasteiger partial charge in [0.15, 0.2) is 0 Å². The molecule has 3 N–H and O–H groups in total. The van der Waals surface area contributed by atoms with Gasteiger partial charge in [0.1, 0.15) is 42.3 Å². The minimum Gasteiger partial charge on any atom is -0.497 e. The molecule has 1 heterocycles. The summed E-state index contributed by atoms with van der Waals surface area (Å²) in [4.78, 5) is 34.9. The lowest BCUT2D eigenvalue weighted by molar-refractivity contribution is -0.253. The molecular weight excluding hydrogens is 818 g/mol. The highest BCUT2D eigenvalue weighted by molar-refractivity contribution is 6.18. The number of aliphatic hydroxyl groups excluding tert-OH is 2. The Balaban J connectivity index is 1.50. The first-order chi connectivity index (χ1) is 30.2. The van der Waals surface area contributed by atoms with Crippen molar-refractivity contribution in [3.63, 3.8) is 0 Å². The lowest BCUT2D eigenvalue weighted by Crippen LogP contribution is -2.69. The van der Waals surface area contributed by atoms with E-state index in [1.54, 1.807) is 50.6 Å². The van der Waals surface area contributed by atoms with Gasteiger partial charge in [-0.2, -0.15) is 0 Å². The molecule has 1 aliphatic heterocycles. The van der Waals surface area contributed by atoms with Gasteiger partial charge in [-0.25, -0.2) is 9.59 Å². The number of carbonyl (C=O) groups excluding carboxylic acids is 2. The van der Waals surface area contributed by atoms with Gasteiger partial charge in [-0.15, -0.1) is 18.2 Å². The van der Waals surface area contributed by atoms with Gasteiger partial charge in [0.05, 0.1) is 44.0 Å². The summed E-state index contributed by atoms with van der Waals surface area (Å²) in [5.74, 6) is -0.610. The van der Waals surface area contributed by atoms with Crippen molar-refractivity contribution in [2.45, 2.75) is 69.3 Å². The van der Waals surface area contributed by atoms with Crippen LogP contribution in [0.15, 0.2) is 96.2 Å². The molecule has 14 nitrogen and oxygen atoms in total. The number of hydrogen-bond donors (Lipinski definition) is 3. The Hall–Kier alpha value is -5.28. The van der Waals surface area contributed by atoms with Crippen molar-refractivity contribution in [1.29, 1.82) is 0 Å². The molecule has 0 aromatic heterocycles. The molecule has 3 aromatic carbocycles.